The number of amides is 2. The highest BCUT2D eigenvalue weighted by molar-refractivity contribution is 5.96. The highest BCUT2D eigenvalue weighted by atomic mass is 16.7. The van der Waals surface area contributed by atoms with Crippen molar-refractivity contribution in [3.63, 3.8) is 0 Å². The van der Waals surface area contributed by atoms with Crippen molar-refractivity contribution < 1.29 is 19.1 Å². The highest BCUT2D eigenvalue weighted by Crippen LogP contribution is 2.37. The molecule has 25 heavy (non-hydrogen) atoms. The van der Waals surface area contributed by atoms with Crippen LogP contribution in [0.1, 0.15) is 38.5 Å². The summed E-state index contributed by atoms with van der Waals surface area (Å²) < 4.78 is 10.7. The molecular weight excluding hydrogens is 320 g/mol. The minimum absolute atomic E-state index is 0.0916. The van der Waals surface area contributed by atoms with Crippen molar-refractivity contribution >= 4 is 17.5 Å². The van der Waals surface area contributed by atoms with Crippen LogP contribution >= 0.6 is 0 Å². The molecule has 1 aliphatic carbocycles. The van der Waals surface area contributed by atoms with E-state index < -0.39 is 0 Å². The Morgan fingerprint density at radius 2 is 1.96 bits per heavy atom. The zero-order valence-electron chi connectivity index (χ0n) is 14.3. The molecule has 1 aromatic rings. The lowest BCUT2D eigenvalue weighted by Gasteiger charge is -2.17. The summed E-state index contributed by atoms with van der Waals surface area (Å²) in [6.45, 7) is 1.42. The molecule has 1 aromatic carbocycles. The van der Waals surface area contributed by atoms with Crippen molar-refractivity contribution in [2.24, 2.45) is 11.8 Å². The van der Waals surface area contributed by atoms with E-state index in [4.69, 9.17) is 9.47 Å². The van der Waals surface area contributed by atoms with E-state index in [0.29, 0.717) is 43.3 Å². The second-order valence-corrected chi connectivity index (χ2v) is 7.27. The Hall–Kier alpha value is -2.24. The maximum absolute atomic E-state index is 12.3. The second kappa shape index (κ2) is 6.94. The van der Waals surface area contributed by atoms with Gasteiger partial charge in [0.05, 0.1) is 0 Å². The highest BCUT2D eigenvalue weighted by Gasteiger charge is 2.32. The summed E-state index contributed by atoms with van der Waals surface area (Å²) in [5.74, 6) is 2.32. The third kappa shape index (κ3) is 3.57. The summed E-state index contributed by atoms with van der Waals surface area (Å²) in [4.78, 5) is 26.2. The standard InChI is InChI=1S/C19H24N2O4/c22-18(7-13-3-1-2-4-13)20-10-14-8-19(23)21(11-14)15-5-6-16-17(9-15)25-12-24-16/h5-6,9,13-14H,1-4,7-8,10-12H2,(H,20,22)/t14-/m1/s1. The van der Waals surface area contributed by atoms with Gasteiger partial charge in [-0.3, -0.25) is 9.59 Å². The monoisotopic (exact) mass is 344 g/mol. The normalized spacial score (nSPS) is 22.6. The lowest BCUT2D eigenvalue weighted by Crippen LogP contribution is -2.32. The molecule has 4 rings (SSSR count). The number of rotatable bonds is 5. The zero-order valence-corrected chi connectivity index (χ0v) is 14.3. The summed E-state index contributed by atoms with van der Waals surface area (Å²) in [5, 5.41) is 3.02. The molecule has 0 aromatic heterocycles. The Morgan fingerprint density at radius 3 is 2.80 bits per heavy atom. The Balaban J connectivity index is 1.30. The summed E-state index contributed by atoms with van der Waals surface area (Å²) in [7, 11) is 0. The van der Waals surface area contributed by atoms with Gasteiger partial charge >= 0.3 is 0 Å². The van der Waals surface area contributed by atoms with Gasteiger partial charge in [-0.1, -0.05) is 12.8 Å². The number of benzene rings is 1. The average molecular weight is 344 g/mol. The molecule has 6 nitrogen and oxygen atoms in total. The average Bonchev–Trinajstić information content (AvgIpc) is 3.33. The van der Waals surface area contributed by atoms with Gasteiger partial charge in [0.2, 0.25) is 18.6 Å². The largest absolute Gasteiger partial charge is 0.454 e. The predicted octanol–water partition coefficient (Wildman–Crippen LogP) is 2.46. The molecule has 2 aliphatic heterocycles. The van der Waals surface area contributed by atoms with Crippen molar-refractivity contribution in [2.75, 3.05) is 24.8 Å². The van der Waals surface area contributed by atoms with Crippen LogP contribution in [0.3, 0.4) is 0 Å². The van der Waals surface area contributed by atoms with Crippen LogP contribution in [0.2, 0.25) is 0 Å². The van der Waals surface area contributed by atoms with Gasteiger partial charge in [0.1, 0.15) is 0 Å². The van der Waals surface area contributed by atoms with Crippen molar-refractivity contribution in [3.8, 4) is 11.5 Å². The van der Waals surface area contributed by atoms with Gasteiger partial charge in [0, 0.05) is 43.6 Å². The van der Waals surface area contributed by atoms with Gasteiger partial charge in [-0.2, -0.15) is 0 Å². The minimum atomic E-state index is 0.0916. The zero-order chi connectivity index (χ0) is 17.2. The molecule has 0 radical (unpaired) electrons. The molecular formula is C19H24N2O4. The number of carbonyl (C=O) groups excluding carboxylic acids is 2. The molecule has 3 aliphatic rings. The minimum Gasteiger partial charge on any atom is -0.454 e. The van der Waals surface area contributed by atoms with Crippen molar-refractivity contribution in [1.29, 1.82) is 0 Å². The molecule has 2 fully saturated rings. The van der Waals surface area contributed by atoms with Crippen LogP contribution in [0.4, 0.5) is 5.69 Å². The van der Waals surface area contributed by atoms with Gasteiger partial charge in [-0.25, -0.2) is 0 Å². The van der Waals surface area contributed by atoms with E-state index >= 15 is 0 Å². The molecule has 0 spiro atoms. The van der Waals surface area contributed by atoms with Crippen LogP contribution in [0.25, 0.3) is 0 Å². The molecule has 1 saturated carbocycles. The van der Waals surface area contributed by atoms with Gasteiger partial charge < -0.3 is 19.7 Å². The first kappa shape index (κ1) is 16.2. The molecule has 2 heterocycles. The molecule has 1 N–H and O–H groups in total. The first-order valence-electron chi connectivity index (χ1n) is 9.16. The first-order chi connectivity index (χ1) is 12.2. The van der Waals surface area contributed by atoms with E-state index in [-0.39, 0.29) is 24.5 Å². The van der Waals surface area contributed by atoms with E-state index in [1.807, 2.05) is 18.2 Å². The molecule has 6 heteroatoms. The summed E-state index contributed by atoms with van der Waals surface area (Å²) >= 11 is 0. The number of ether oxygens (including phenoxy) is 2. The van der Waals surface area contributed by atoms with Crippen LogP contribution < -0.4 is 19.7 Å². The van der Waals surface area contributed by atoms with Gasteiger partial charge in [0.15, 0.2) is 11.5 Å². The Labute approximate surface area is 147 Å². The van der Waals surface area contributed by atoms with Gasteiger partial charge in [0.25, 0.3) is 0 Å². The van der Waals surface area contributed by atoms with Crippen LogP contribution in [0, 0.1) is 11.8 Å². The van der Waals surface area contributed by atoms with E-state index in [1.165, 1.54) is 25.7 Å². The number of carbonyl (C=O) groups is 2. The molecule has 1 atom stereocenters. The molecule has 0 unspecified atom stereocenters. The third-order valence-corrected chi connectivity index (χ3v) is 5.41. The smallest absolute Gasteiger partial charge is 0.231 e. The number of nitrogens with zero attached hydrogens (tertiary/aromatic N) is 1. The lowest BCUT2D eigenvalue weighted by molar-refractivity contribution is -0.122. The van der Waals surface area contributed by atoms with Crippen LogP contribution in [0.5, 0.6) is 11.5 Å². The lowest BCUT2D eigenvalue weighted by atomic mass is 10.0. The van der Waals surface area contributed by atoms with E-state index in [0.717, 1.165) is 5.69 Å². The van der Waals surface area contributed by atoms with Gasteiger partial charge in [-0.05, 0) is 30.9 Å². The van der Waals surface area contributed by atoms with E-state index in [2.05, 4.69) is 5.32 Å². The molecule has 1 saturated heterocycles. The number of anilines is 1. The van der Waals surface area contributed by atoms with Crippen molar-refractivity contribution in [3.05, 3.63) is 18.2 Å². The van der Waals surface area contributed by atoms with Crippen molar-refractivity contribution in [2.45, 2.75) is 38.5 Å². The maximum atomic E-state index is 12.3. The molecule has 134 valence electrons. The molecule has 0 bridgehead atoms. The Morgan fingerprint density at radius 1 is 1.16 bits per heavy atom. The molecule has 2 amide bonds. The number of fused-ring (bicyclic) bond motifs is 1. The number of hydrogen-bond donors (Lipinski definition) is 1. The Bertz CT molecular complexity index is 669. The summed E-state index contributed by atoms with van der Waals surface area (Å²) in [6.07, 6.45) is 5.95. The van der Waals surface area contributed by atoms with E-state index in [1.54, 1.807) is 4.90 Å². The van der Waals surface area contributed by atoms with Crippen molar-refractivity contribution in [1.82, 2.24) is 5.32 Å². The third-order valence-electron chi connectivity index (χ3n) is 5.41. The summed E-state index contributed by atoms with van der Waals surface area (Å²) in [6, 6.07) is 5.56. The number of nitrogens with one attached hydrogen (secondary N) is 1. The fourth-order valence-corrected chi connectivity index (χ4v) is 4.03. The Kier molecular flexibility index (Phi) is 4.51. The maximum Gasteiger partial charge on any atom is 0.231 e. The van der Waals surface area contributed by atoms with E-state index in [9.17, 15) is 9.59 Å². The first-order valence-corrected chi connectivity index (χ1v) is 9.16. The predicted molar refractivity (Wildman–Crippen MR) is 92.6 cm³/mol. The van der Waals surface area contributed by atoms with Gasteiger partial charge in [-0.15, -0.1) is 0 Å². The fourth-order valence-electron chi connectivity index (χ4n) is 4.03. The van der Waals surface area contributed by atoms with Crippen LogP contribution in [-0.2, 0) is 9.59 Å². The topological polar surface area (TPSA) is 67.9 Å². The SMILES string of the molecule is O=C(CC1CCCC1)NC[C@H]1CC(=O)N(c2ccc3c(c2)OCO3)C1. The number of hydrogen-bond acceptors (Lipinski definition) is 4. The summed E-state index contributed by atoms with van der Waals surface area (Å²) in [5.41, 5.74) is 0.828. The van der Waals surface area contributed by atoms with Crippen LogP contribution in [0.15, 0.2) is 18.2 Å². The fraction of sp³-hybridized carbons (Fsp3) is 0.579. The second-order valence-electron chi connectivity index (χ2n) is 7.27. The van der Waals surface area contributed by atoms with Crippen LogP contribution in [-0.4, -0.2) is 31.7 Å². The quantitative estimate of drug-likeness (QED) is 0.891.